The van der Waals surface area contributed by atoms with Crippen molar-refractivity contribution in [2.24, 2.45) is 0 Å². The molecule has 0 aliphatic carbocycles. The molecule has 1 N–H and O–H groups in total. The predicted molar refractivity (Wildman–Crippen MR) is 62.9 cm³/mol. The first-order valence-corrected chi connectivity index (χ1v) is 4.65. The van der Waals surface area contributed by atoms with E-state index in [1.165, 1.54) is 0 Å². The summed E-state index contributed by atoms with van der Waals surface area (Å²) in [5, 5.41) is 4.00. The molecule has 3 nitrogen and oxygen atoms in total. The van der Waals surface area contributed by atoms with Gasteiger partial charge in [-0.15, -0.1) is 0 Å². The van der Waals surface area contributed by atoms with Crippen molar-refractivity contribution < 1.29 is 9.59 Å². The van der Waals surface area contributed by atoms with E-state index in [0.717, 1.165) is 10.8 Å². The molecule has 16 heavy (non-hydrogen) atoms. The molecule has 0 aromatic heterocycles. The van der Waals surface area contributed by atoms with Gasteiger partial charge in [-0.25, -0.2) is 0 Å². The van der Waals surface area contributed by atoms with E-state index in [0.29, 0.717) is 11.1 Å². The molecule has 2 aromatic carbocycles. The molecule has 1 heterocycles. The second-order valence-corrected chi connectivity index (χ2v) is 3.49. The van der Waals surface area contributed by atoms with E-state index in [4.69, 9.17) is 0 Å². The minimum atomic E-state index is -0.315. The zero-order valence-corrected chi connectivity index (χ0v) is 7.78. The molecule has 0 spiro atoms. The van der Waals surface area contributed by atoms with Gasteiger partial charge in [0.25, 0.3) is 11.8 Å². The summed E-state index contributed by atoms with van der Waals surface area (Å²) in [6, 6.07) is 10.9. The average Bonchev–Trinajstić information content (AvgIpc) is 2.25. The molecule has 2 amide bonds. The summed E-state index contributed by atoms with van der Waals surface area (Å²) in [6.45, 7) is 0. The van der Waals surface area contributed by atoms with Crippen molar-refractivity contribution >= 4 is 52.1 Å². The topological polar surface area (TPSA) is 46.2 Å². The standard InChI is InChI=1S/C12H7NO2.Na.H/c14-11-8-5-1-3-7-4-2-6-9(10(7)8)12(15)13-11;;/h1-6H,(H,13,14,15);;. The number of hydrogen-bond donors (Lipinski definition) is 1. The van der Waals surface area contributed by atoms with Crippen LogP contribution in [0, 0.1) is 0 Å². The molecule has 0 saturated carbocycles. The Morgan fingerprint density at radius 1 is 0.812 bits per heavy atom. The number of carbonyl (C=O) groups excluding carboxylic acids is 2. The minimum absolute atomic E-state index is 0. The maximum absolute atomic E-state index is 11.6. The first kappa shape index (κ1) is 11.3. The summed E-state index contributed by atoms with van der Waals surface area (Å²) in [7, 11) is 0. The van der Waals surface area contributed by atoms with E-state index < -0.39 is 0 Å². The normalized spacial score (nSPS) is 13.2. The van der Waals surface area contributed by atoms with Crippen LogP contribution in [0.1, 0.15) is 20.7 Å². The van der Waals surface area contributed by atoms with E-state index in [-0.39, 0.29) is 41.4 Å². The van der Waals surface area contributed by atoms with Crippen molar-refractivity contribution in [3.05, 3.63) is 47.5 Å². The molecule has 0 radical (unpaired) electrons. The molecular formula is C12H8NNaO2. The second kappa shape index (κ2) is 4.01. The van der Waals surface area contributed by atoms with Gasteiger partial charge < -0.3 is 0 Å². The first-order chi connectivity index (χ1) is 7.27. The van der Waals surface area contributed by atoms with Crippen molar-refractivity contribution in [1.29, 1.82) is 0 Å². The third-order valence-corrected chi connectivity index (χ3v) is 2.62. The van der Waals surface area contributed by atoms with Crippen molar-refractivity contribution in [3.8, 4) is 0 Å². The first-order valence-electron chi connectivity index (χ1n) is 4.65. The van der Waals surface area contributed by atoms with Gasteiger partial charge in [-0.1, -0.05) is 24.3 Å². The van der Waals surface area contributed by atoms with Gasteiger partial charge in [0.2, 0.25) is 0 Å². The van der Waals surface area contributed by atoms with Gasteiger partial charge in [0.1, 0.15) is 0 Å². The van der Waals surface area contributed by atoms with Gasteiger partial charge in [-0.2, -0.15) is 0 Å². The van der Waals surface area contributed by atoms with E-state index in [1.54, 1.807) is 12.1 Å². The summed E-state index contributed by atoms with van der Waals surface area (Å²) in [6.07, 6.45) is 0. The summed E-state index contributed by atoms with van der Waals surface area (Å²) in [4.78, 5) is 23.1. The molecule has 3 rings (SSSR count). The van der Waals surface area contributed by atoms with Crippen molar-refractivity contribution in [2.75, 3.05) is 0 Å². The Labute approximate surface area is 114 Å². The molecule has 0 unspecified atom stereocenters. The molecule has 1 aliphatic rings. The number of benzene rings is 2. The van der Waals surface area contributed by atoms with Gasteiger partial charge >= 0.3 is 29.6 Å². The molecule has 0 fully saturated rings. The van der Waals surface area contributed by atoms with Crippen LogP contribution in [0.25, 0.3) is 10.8 Å². The van der Waals surface area contributed by atoms with Gasteiger partial charge in [0.15, 0.2) is 0 Å². The Kier molecular flexibility index (Phi) is 2.84. The molecular weight excluding hydrogens is 213 g/mol. The van der Waals surface area contributed by atoms with Crippen LogP contribution in [0.2, 0.25) is 0 Å². The van der Waals surface area contributed by atoms with Crippen molar-refractivity contribution in [1.82, 2.24) is 5.32 Å². The monoisotopic (exact) mass is 221 g/mol. The van der Waals surface area contributed by atoms with Crippen LogP contribution in [0.15, 0.2) is 36.4 Å². The molecule has 2 aromatic rings. The van der Waals surface area contributed by atoms with Crippen LogP contribution in [-0.4, -0.2) is 41.4 Å². The number of nitrogens with one attached hydrogen (secondary N) is 1. The zero-order chi connectivity index (χ0) is 10.4. The summed E-state index contributed by atoms with van der Waals surface area (Å²) < 4.78 is 0. The maximum atomic E-state index is 11.6. The molecule has 0 saturated heterocycles. The van der Waals surface area contributed by atoms with Crippen LogP contribution >= 0.6 is 0 Å². The molecule has 0 atom stereocenters. The van der Waals surface area contributed by atoms with Crippen LogP contribution < -0.4 is 5.32 Å². The Morgan fingerprint density at radius 3 is 1.81 bits per heavy atom. The fraction of sp³-hybridized carbons (Fsp3) is 0. The number of carbonyl (C=O) groups is 2. The number of amides is 2. The fourth-order valence-electron chi connectivity index (χ4n) is 1.96. The summed E-state index contributed by atoms with van der Waals surface area (Å²) in [5.41, 5.74) is 1.14. The SMILES string of the molecule is O=C1NC(=O)c2cccc3cccc1c23.[NaH]. The van der Waals surface area contributed by atoms with Gasteiger partial charge in [0.05, 0.1) is 0 Å². The Hall–Kier alpha value is -1.16. The summed E-state index contributed by atoms with van der Waals surface area (Å²) in [5.74, 6) is -0.631. The van der Waals surface area contributed by atoms with E-state index in [9.17, 15) is 9.59 Å². The van der Waals surface area contributed by atoms with Crippen molar-refractivity contribution in [2.45, 2.75) is 0 Å². The zero-order valence-electron chi connectivity index (χ0n) is 7.78. The van der Waals surface area contributed by atoms with Gasteiger partial charge in [-0.05, 0) is 17.5 Å². The molecule has 1 aliphatic heterocycles. The quantitative estimate of drug-likeness (QED) is 0.534. The number of hydrogen-bond acceptors (Lipinski definition) is 2. The third-order valence-electron chi connectivity index (χ3n) is 2.62. The van der Waals surface area contributed by atoms with Gasteiger partial charge in [0, 0.05) is 16.5 Å². The average molecular weight is 221 g/mol. The Bertz CT molecular complexity index is 558. The van der Waals surface area contributed by atoms with Crippen LogP contribution in [0.3, 0.4) is 0 Å². The van der Waals surface area contributed by atoms with Crippen LogP contribution in [-0.2, 0) is 0 Å². The third kappa shape index (κ3) is 1.48. The van der Waals surface area contributed by atoms with E-state index in [2.05, 4.69) is 5.32 Å². The Balaban J connectivity index is 0.000000963. The van der Waals surface area contributed by atoms with Crippen LogP contribution in [0.5, 0.6) is 0 Å². The van der Waals surface area contributed by atoms with Gasteiger partial charge in [-0.3, -0.25) is 14.9 Å². The van der Waals surface area contributed by atoms with E-state index >= 15 is 0 Å². The molecule has 74 valence electrons. The van der Waals surface area contributed by atoms with Crippen LogP contribution in [0.4, 0.5) is 0 Å². The Morgan fingerprint density at radius 2 is 1.31 bits per heavy atom. The molecule has 0 bridgehead atoms. The second-order valence-electron chi connectivity index (χ2n) is 3.49. The molecule has 4 heteroatoms. The fourth-order valence-corrected chi connectivity index (χ4v) is 1.96. The van der Waals surface area contributed by atoms with E-state index in [1.807, 2.05) is 24.3 Å². The number of rotatable bonds is 0. The number of imide groups is 1. The van der Waals surface area contributed by atoms with Crippen molar-refractivity contribution in [3.63, 3.8) is 0 Å². The predicted octanol–water partition coefficient (Wildman–Crippen LogP) is 1.07. The summed E-state index contributed by atoms with van der Waals surface area (Å²) >= 11 is 0.